The Hall–Kier alpha value is -2.91. The van der Waals surface area contributed by atoms with Crippen molar-refractivity contribution in [3.8, 4) is 5.75 Å². The molecule has 0 aliphatic carbocycles. The molecule has 2 aromatic carbocycles. The van der Waals surface area contributed by atoms with Crippen LogP contribution >= 0.6 is 24.2 Å². The zero-order valence-corrected chi connectivity index (χ0v) is 26.4. The first-order valence-electron chi connectivity index (χ1n) is 14.1. The highest BCUT2D eigenvalue weighted by Gasteiger charge is 2.37. The van der Waals surface area contributed by atoms with Crippen LogP contribution in [0.3, 0.4) is 0 Å². The van der Waals surface area contributed by atoms with Crippen molar-refractivity contribution >= 4 is 47.8 Å². The van der Waals surface area contributed by atoms with Gasteiger partial charge in [0.1, 0.15) is 23.4 Å². The Morgan fingerprint density at radius 1 is 1.02 bits per heavy atom. The Balaban J connectivity index is 2.50. The van der Waals surface area contributed by atoms with E-state index >= 15 is 0 Å². The van der Waals surface area contributed by atoms with E-state index in [0.717, 1.165) is 37.7 Å². The smallest absolute Gasteiger partial charge is 0.408 e. The van der Waals surface area contributed by atoms with Crippen LogP contribution in [0.2, 0.25) is 5.02 Å². The average Bonchev–Trinajstić information content (AvgIpc) is 2.90. The van der Waals surface area contributed by atoms with E-state index in [1.807, 2.05) is 13.0 Å². The molecule has 3 amide bonds. The number of halogens is 1. The van der Waals surface area contributed by atoms with Crippen molar-refractivity contribution in [2.75, 3.05) is 17.6 Å². The molecule has 0 saturated heterocycles. The number of alkyl carbamates (subject to hydrolysis) is 1. The second-order valence-electron chi connectivity index (χ2n) is 11.1. The van der Waals surface area contributed by atoms with Crippen LogP contribution in [0.4, 0.5) is 10.5 Å². The number of nitrogens with zero attached hydrogens (tertiary/aromatic N) is 1. The maximum atomic E-state index is 14.1. The molecule has 0 saturated carbocycles. The highest BCUT2D eigenvalue weighted by molar-refractivity contribution is 7.80. The highest BCUT2D eigenvalue weighted by Crippen LogP contribution is 2.33. The minimum absolute atomic E-state index is 0.0240. The number of amides is 3. The van der Waals surface area contributed by atoms with Crippen LogP contribution < -0.4 is 10.6 Å². The van der Waals surface area contributed by atoms with Gasteiger partial charge in [-0.25, -0.2) is 4.79 Å². The van der Waals surface area contributed by atoms with Crippen molar-refractivity contribution in [1.29, 1.82) is 0 Å². The molecule has 226 valence electrons. The highest BCUT2D eigenvalue weighted by atomic mass is 35.5. The van der Waals surface area contributed by atoms with Crippen LogP contribution in [0, 0.1) is 6.92 Å². The summed E-state index contributed by atoms with van der Waals surface area (Å²) in [5.41, 5.74) is 0.654. The van der Waals surface area contributed by atoms with E-state index in [9.17, 15) is 19.5 Å². The van der Waals surface area contributed by atoms with Crippen molar-refractivity contribution in [2.24, 2.45) is 0 Å². The fourth-order valence-corrected chi connectivity index (χ4v) is 4.93. The van der Waals surface area contributed by atoms with Gasteiger partial charge in [-0.05, 0) is 51.8 Å². The number of phenols is 1. The number of rotatable bonds is 14. The Kier molecular flexibility index (Phi) is 13.8. The predicted molar refractivity (Wildman–Crippen MR) is 168 cm³/mol. The van der Waals surface area contributed by atoms with Crippen LogP contribution in [0.25, 0.3) is 0 Å². The van der Waals surface area contributed by atoms with Gasteiger partial charge >= 0.3 is 6.09 Å². The minimum Gasteiger partial charge on any atom is -0.508 e. The van der Waals surface area contributed by atoms with E-state index in [1.165, 1.54) is 11.0 Å². The van der Waals surface area contributed by atoms with Gasteiger partial charge < -0.3 is 25.4 Å². The molecule has 2 rings (SSSR count). The maximum Gasteiger partial charge on any atom is 0.408 e. The summed E-state index contributed by atoms with van der Waals surface area (Å²) in [6.45, 7) is 9.36. The van der Waals surface area contributed by atoms with Crippen molar-refractivity contribution in [3.05, 3.63) is 58.6 Å². The quantitative estimate of drug-likeness (QED) is 0.136. The minimum atomic E-state index is -1.21. The molecule has 2 aromatic rings. The van der Waals surface area contributed by atoms with Crippen LogP contribution in [0.15, 0.2) is 42.5 Å². The molecule has 0 aromatic heterocycles. The second-order valence-corrected chi connectivity index (χ2v) is 11.8. The van der Waals surface area contributed by atoms with Gasteiger partial charge in [-0.15, -0.1) is 0 Å². The van der Waals surface area contributed by atoms with Gasteiger partial charge in [0.05, 0.1) is 10.7 Å². The number of anilines is 1. The van der Waals surface area contributed by atoms with E-state index in [2.05, 4.69) is 30.2 Å². The summed E-state index contributed by atoms with van der Waals surface area (Å²) in [5, 5.41) is 16.7. The lowest BCUT2D eigenvalue weighted by atomic mass is 10.0. The van der Waals surface area contributed by atoms with Crippen molar-refractivity contribution in [2.45, 2.75) is 90.8 Å². The molecule has 8 nitrogen and oxygen atoms in total. The molecule has 41 heavy (non-hydrogen) atoms. The summed E-state index contributed by atoms with van der Waals surface area (Å²) < 4.78 is 5.36. The number of para-hydroxylation sites is 2. The molecule has 0 heterocycles. The second kappa shape index (κ2) is 16.5. The largest absolute Gasteiger partial charge is 0.508 e. The number of hydrogen-bond acceptors (Lipinski definition) is 6. The third kappa shape index (κ3) is 10.8. The number of thiol groups is 1. The number of carbonyl (C=O) groups is 3. The topological polar surface area (TPSA) is 108 Å². The number of hydrogen-bond donors (Lipinski definition) is 4. The fourth-order valence-electron chi connectivity index (χ4n) is 4.42. The summed E-state index contributed by atoms with van der Waals surface area (Å²) in [6.07, 6.45) is 5.04. The third-order valence-electron chi connectivity index (χ3n) is 6.47. The molecule has 3 N–H and O–H groups in total. The molecule has 0 bridgehead atoms. The fraction of sp³-hybridized carbons (Fsp3) is 0.516. The lowest BCUT2D eigenvalue weighted by molar-refractivity contribution is -0.140. The molecule has 0 radical (unpaired) electrons. The molecule has 10 heteroatoms. The van der Waals surface area contributed by atoms with E-state index < -0.39 is 35.6 Å². The number of phenolic OH excluding ortho intramolecular Hbond substituents is 1. The van der Waals surface area contributed by atoms with Crippen molar-refractivity contribution in [1.82, 2.24) is 10.2 Å². The molecule has 0 aliphatic rings. The monoisotopic (exact) mass is 605 g/mol. The molecule has 2 unspecified atom stereocenters. The first-order valence-corrected chi connectivity index (χ1v) is 15.1. The van der Waals surface area contributed by atoms with Gasteiger partial charge in [-0.3, -0.25) is 9.59 Å². The Bertz CT molecular complexity index is 1150. The van der Waals surface area contributed by atoms with Gasteiger partial charge in [-0.2, -0.15) is 12.6 Å². The number of ether oxygens (including phenoxy) is 1. The molecular formula is C31H44ClN3O5S. The number of carbonyl (C=O) groups excluding carboxylic acids is 3. The lowest BCUT2D eigenvalue weighted by Crippen LogP contribution is -2.53. The van der Waals surface area contributed by atoms with Gasteiger partial charge in [0.15, 0.2) is 0 Å². The number of nitrogens with one attached hydrogen (secondary N) is 2. The lowest BCUT2D eigenvalue weighted by Gasteiger charge is -2.34. The summed E-state index contributed by atoms with van der Waals surface area (Å²) >= 11 is 10.7. The summed E-state index contributed by atoms with van der Waals surface area (Å²) in [4.78, 5) is 42.1. The van der Waals surface area contributed by atoms with E-state index in [-0.39, 0.29) is 23.6 Å². The van der Waals surface area contributed by atoms with E-state index in [4.69, 9.17) is 16.3 Å². The molecular weight excluding hydrogens is 562 g/mol. The third-order valence-corrected chi connectivity index (χ3v) is 7.15. The maximum absolute atomic E-state index is 14.1. The van der Waals surface area contributed by atoms with Crippen LogP contribution in [0.5, 0.6) is 5.75 Å². The Morgan fingerprint density at radius 2 is 1.68 bits per heavy atom. The summed E-state index contributed by atoms with van der Waals surface area (Å²) in [7, 11) is 0. The van der Waals surface area contributed by atoms with Crippen molar-refractivity contribution in [3.63, 3.8) is 0 Å². The number of aromatic hydroxyl groups is 1. The first-order chi connectivity index (χ1) is 19.4. The molecule has 0 fully saturated rings. The normalized spacial score (nSPS) is 12.8. The van der Waals surface area contributed by atoms with Crippen LogP contribution in [0.1, 0.15) is 83.4 Å². The standard InChI is InChI=1S/C31H44ClN3O5S/c1-6-7-8-9-10-13-19-35(29(38)24(20-41)33-30(39)40-31(3,4)5)27(22-16-11-12-18-25(22)36)28(37)34-26-21(2)15-14-17-23(26)32/h11-12,14-18,24,27,36,41H,6-10,13,19-20H2,1-5H3,(H,33,39)(H,34,37). The van der Waals surface area contributed by atoms with Gasteiger partial charge in [0.25, 0.3) is 5.91 Å². The number of unbranched alkanes of at least 4 members (excludes halogenated alkanes) is 5. The van der Waals surface area contributed by atoms with Gasteiger partial charge in [-0.1, -0.05) is 81.0 Å². The van der Waals surface area contributed by atoms with Gasteiger partial charge in [0, 0.05) is 17.9 Å². The first kappa shape index (κ1) is 34.3. The van der Waals surface area contributed by atoms with Crippen LogP contribution in [-0.4, -0.2) is 51.9 Å². The van der Waals surface area contributed by atoms with E-state index in [1.54, 1.807) is 51.1 Å². The number of aryl methyl sites for hydroxylation is 1. The van der Waals surface area contributed by atoms with E-state index in [0.29, 0.717) is 17.1 Å². The predicted octanol–water partition coefficient (Wildman–Crippen LogP) is 7.05. The zero-order valence-electron chi connectivity index (χ0n) is 24.7. The summed E-state index contributed by atoms with van der Waals surface area (Å²) in [6, 6.07) is 9.40. The SMILES string of the molecule is CCCCCCCCN(C(=O)C(CS)NC(=O)OC(C)(C)C)C(C(=O)Nc1c(C)cccc1Cl)c1ccccc1O. The zero-order chi connectivity index (χ0) is 30.6. The summed E-state index contributed by atoms with van der Waals surface area (Å²) in [5.74, 6) is -1.22. The molecule has 0 aliphatic heterocycles. The van der Waals surface area contributed by atoms with Gasteiger partial charge in [0.2, 0.25) is 5.91 Å². The number of benzene rings is 2. The molecule has 2 atom stereocenters. The van der Waals surface area contributed by atoms with Crippen LogP contribution in [-0.2, 0) is 14.3 Å². The van der Waals surface area contributed by atoms with Crippen molar-refractivity contribution < 1.29 is 24.2 Å². The Labute approximate surface area is 254 Å². The average molecular weight is 606 g/mol. The molecule has 0 spiro atoms. The Morgan fingerprint density at radius 3 is 2.29 bits per heavy atom.